The Balaban J connectivity index is 0.000000258. The first kappa shape index (κ1) is 14.2. The van der Waals surface area contributed by atoms with Crippen LogP contribution in [-0.4, -0.2) is 22.2 Å². The van der Waals surface area contributed by atoms with E-state index in [1.165, 1.54) is 0 Å². The molecule has 0 aliphatic heterocycles. The van der Waals surface area contributed by atoms with Crippen molar-refractivity contribution in [3.8, 4) is 0 Å². The van der Waals surface area contributed by atoms with E-state index in [2.05, 4.69) is 5.32 Å². The number of carbonyl (C=O) groups is 2. The van der Waals surface area contributed by atoms with Crippen LogP contribution < -0.4 is 5.32 Å². The molecule has 0 unspecified atom stereocenters. The van der Waals surface area contributed by atoms with E-state index in [4.69, 9.17) is 19.8 Å². The Labute approximate surface area is 110 Å². The minimum absolute atomic E-state index is 1.12. The second kappa shape index (κ2) is 7.50. The standard InChI is InChI=1S/C12H11N.C2H2O4/c1-3-7-11(8-4-1)13-12-9-5-2-6-10-12;3-1(4)2(5)6/h1-10,13H;(H,3,4)(H,5,6). The van der Waals surface area contributed by atoms with Crippen molar-refractivity contribution in [3.05, 3.63) is 60.7 Å². The number of carboxylic acid groups (broad SMARTS) is 2. The second-order valence-corrected chi connectivity index (χ2v) is 3.47. The maximum Gasteiger partial charge on any atom is 0.414 e. The van der Waals surface area contributed by atoms with Gasteiger partial charge in [0.15, 0.2) is 0 Å². The first-order valence-electron chi connectivity index (χ1n) is 5.43. The predicted molar refractivity (Wildman–Crippen MR) is 71.4 cm³/mol. The molecule has 98 valence electrons. The van der Waals surface area contributed by atoms with Gasteiger partial charge >= 0.3 is 11.9 Å². The summed E-state index contributed by atoms with van der Waals surface area (Å²) in [6, 6.07) is 20.3. The van der Waals surface area contributed by atoms with Crippen molar-refractivity contribution in [2.24, 2.45) is 0 Å². The third kappa shape index (κ3) is 5.88. The molecule has 5 nitrogen and oxygen atoms in total. The highest BCUT2D eigenvalue weighted by Gasteiger charge is 2.04. The molecule has 19 heavy (non-hydrogen) atoms. The van der Waals surface area contributed by atoms with Crippen LogP contribution in [0.2, 0.25) is 0 Å². The number of para-hydroxylation sites is 2. The molecule has 0 aliphatic rings. The maximum atomic E-state index is 9.10. The molecule has 0 amide bonds. The molecule has 3 N–H and O–H groups in total. The Bertz CT molecular complexity index is 476. The monoisotopic (exact) mass is 259 g/mol. The lowest BCUT2D eigenvalue weighted by molar-refractivity contribution is -0.159. The van der Waals surface area contributed by atoms with Gasteiger partial charge in [0.05, 0.1) is 0 Å². The highest BCUT2D eigenvalue weighted by molar-refractivity contribution is 6.27. The second-order valence-electron chi connectivity index (χ2n) is 3.47. The summed E-state index contributed by atoms with van der Waals surface area (Å²) in [6.07, 6.45) is 0. The summed E-state index contributed by atoms with van der Waals surface area (Å²) in [6.45, 7) is 0. The topological polar surface area (TPSA) is 86.6 Å². The molecule has 0 aliphatic carbocycles. The van der Waals surface area contributed by atoms with Crippen LogP contribution in [0.25, 0.3) is 0 Å². The first-order chi connectivity index (χ1) is 9.09. The molecule has 5 heteroatoms. The summed E-state index contributed by atoms with van der Waals surface area (Å²) >= 11 is 0. The van der Waals surface area contributed by atoms with Crippen LogP contribution in [-0.2, 0) is 9.59 Å². The summed E-state index contributed by atoms with van der Waals surface area (Å²) < 4.78 is 0. The van der Waals surface area contributed by atoms with Crippen molar-refractivity contribution in [1.29, 1.82) is 0 Å². The van der Waals surface area contributed by atoms with Gasteiger partial charge in [-0.25, -0.2) is 9.59 Å². The summed E-state index contributed by atoms with van der Waals surface area (Å²) in [4.78, 5) is 18.2. The highest BCUT2D eigenvalue weighted by Crippen LogP contribution is 2.14. The molecule has 2 rings (SSSR count). The van der Waals surface area contributed by atoms with Crippen LogP contribution in [0.4, 0.5) is 11.4 Å². The number of aliphatic carboxylic acids is 2. The molecule has 0 fully saturated rings. The Kier molecular flexibility index (Phi) is 5.62. The van der Waals surface area contributed by atoms with Gasteiger partial charge in [0.1, 0.15) is 0 Å². The molecule has 0 atom stereocenters. The van der Waals surface area contributed by atoms with Crippen molar-refractivity contribution in [2.75, 3.05) is 5.32 Å². The SMILES string of the molecule is O=C(O)C(=O)O.c1ccc(Nc2ccccc2)cc1. The summed E-state index contributed by atoms with van der Waals surface area (Å²) in [5.41, 5.74) is 2.24. The van der Waals surface area contributed by atoms with Gasteiger partial charge in [-0.1, -0.05) is 36.4 Å². The van der Waals surface area contributed by atoms with E-state index >= 15 is 0 Å². The molecule has 2 aromatic carbocycles. The summed E-state index contributed by atoms with van der Waals surface area (Å²) in [5, 5.41) is 18.1. The van der Waals surface area contributed by atoms with E-state index in [9.17, 15) is 0 Å². The fraction of sp³-hybridized carbons (Fsp3) is 0. The Hall–Kier alpha value is -2.82. The lowest BCUT2D eigenvalue weighted by Crippen LogP contribution is -2.09. The molecule has 0 heterocycles. The quantitative estimate of drug-likeness (QED) is 0.721. The van der Waals surface area contributed by atoms with E-state index in [1.54, 1.807) is 0 Å². The van der Waals surface area contributed by atoms with Crippen LogP contribution in [0, 0.1) is 0 Å². The number of benzene rings is 2. The number of anilines is 2. The van der Waals surface area contributed by atoms with Crippen LogP contribution in [0.15, 0.2) is 60.7 Å². The zero-order valence-electron chi connectivity index (χ0n) is 9.98. The number of carboxylic acids is 2. The first-order valence-corrected chi connectivity index (χ1v) is 5.43. The predicted octanol–water partition coefficient (Wildman–Crippen LogP) is 2.59. The van der Waals surface area contributed by atoms with E-state index in [0.717, 1.165) is 11.4 Å². The van der Waals surface area contributed by atoms with Gasteiger partial charge in [0.2, 0.25) is 0 Å². The van der Waals surface area contributed by atoms with Gasteiger partial charge in [-0.05, 0) is 24.3 Å². The van der Waals surface area contributed by atoms with E-state index in [1.807, 2.05) is 60.7 Å². The number of hydrogen-bond acceptors (Lipinski definition) is 3. The molecule has 0 saturated heterocycles. The lowest BCUT2D eigenvalue weighted by atomic mass is 10.3. The molecular weight excluding hydrogens is 246 g/mol. The molecule has 0 bridgehead atoms. The largest absolute Gasteiger partial charge is 0.473 e. The molecular formula is C14H13NO4. The van der Waals surface area contributed by atoms with Crippen molar-refractivity contribution >= 4 is 23.3 Å². The van der Waals surface area contributed by atoms with Gasteiger partial charge in [-0.15, -0.1) is 0 Å². The van der Waals surface area contributed by atoms with Crippen molar-refractivity contribution in [1.82, 2.24) is 0 Å². The van der Waals surface area contributed by atoms with Gasteiger partial charge in [-0.2, -0.15) is 0 Å². The van der Waals surface area contributed by atoms with Gasteiger partial charge in [-0.3, -0.25) is 0 Å². The molecule has 0 saturated carbocycles. The zero-order chi connectivity index (χ0) is 14.1. The van der Waals surface area contributed by atoms with Gasteiger partial charge in [0.25, 0.3) is 0 Å². The average molecular weight is 259 g/mol. The fourth-order valence-corrected chi connectivity index (χ4v) is 1.21. The normalized spacial score (nSPS) is 8.84. The highest BCUT2D eigenvalue weighted by atomic mass is 16.4. The van der Waals surface area contributed by atoms with Crippen molar-refractivity contribution in [2.45, 2.75) is 0 Å². The fourth-order valence-electron chi connectivity index (χ4n) is 1.21. The molecule has 2 aromatic rings. The van der Waals surface area contributed by atoms with Crippen LogP contribution in [0.3, 0.4) is 0 Å². The average Bonchev–Trinajstić information content (AvgIpc) is 2.41. The Morgan fingerprint density at radius 3 is 1.26 bits per heavy atom. The minimum Gasteiger partial charge on any atom is -0.473 e. The third-order valence-electron chi connectivity index (χ3n) is 2.02. The van der Waals surface area contributed by atoms with Gasteiger partial charge < -0.3 is 15.5 Å². The van der Waals surface area contributed by atoms with Crippen LogP contribution in [0.5, 0.6) is 0 Å². The van der Waals surface area contributed by atoms with Crippen molar-refractivity contribution < 1.29 is 19.8 Å². The Morgan fingerprint density at radius 1 is 0.684 bits per heavy atom. The zero-order valence-corrected chi connectivity index (χ0v) is 9.98. The summed E-state index contributed by atoms with van der Waals surface area (Å²) in [5.74, 6) is -3.65. The lowest BCUT2D eigenvalue weighted by Gasteiger charge is -2.04. The number of hydrogen-bond donors (Lipinski definition) is 3. The van der Waals surface area contributed by atoms with E-state index < -0.39 is 11.9 Å². The van der Waals surface area contributed by atoms with Gasteiger partial charge in [0, 0.05) is 11.4 Å². The van der Waals surface area contributed by atoms with E-state index in [0.29, 0.717) is 0 Å². The number of rotatable bonds is 2. The Morgan fingerprint density at radius 2 is 1.00 bits per heavy atom. The molecule has 0 aromatic heterocycles. The van der Waals surface area contributed by atoms with E-state index in [-0.39, 0.29) is 0 Å². The van der Waals surface area contributed by atoms with Crippen LogP contribution in [0.1, 0.15) is 0 Å². The smallest absolute Gasteiger partial charge is 0.414 e. The maximum absolute atomic E-state index is 9.10. The molecule has 0 radical (unpaired) electrons. The number of nitrogens with one attached hydrogen (secondary N) is 1. The third-order valence-corrected chi connectivity index (χ3v) is 2.02. The molecule has 0 spiro atoms. The van der Waals surface area contributed by atoms with Crippen LogP contribution >= 0.6 is 0 Å². The minimum atomic E-state index is -1.82. The van der Waals surface area contributed by atoms with Crippen molar-refractivity contribution in [3.63, 3.8) is 0 Å². The summed E-state index contributed by atoms with van der Waals surface area (Å²) in [7, 11) is 0.